The third-order valence-corrected chi connectivity index (χ3v) is 10.5. The van der Waals surface area contributed by atoms with Crippen molar-refractivity contribution in [2.75, 3.05) is 26.7 Å². The normalized spacial score (nSPS) is 17.6. The molecule has 2 fully saturated rings. The average Bonchev–Trinajstić information content (AvgIpc) is 4.04. The summed E-state index contributed by atoms with van der Waals surface area (Å²) in [4.78, 5) is 58.7. The number of ether oxygens (including phenoxy) is 1. The highest BCUT2D eigenvalue weighted by Crippen LogP contribution is 2.34. The number of amides is 3. The first-order chi connectivity index (χ1) is 26.3. The van der Waals surface area contributed by atoms with Crippen LogP contribution in [-0.2, 0) is 20.9 Å². The van der Waals surface area contributed by atoms with E-state index in [4.69, 9.17) is 9.72 Å². The molecule has 3 aromatic carbocycles. The Labute approximate surface area is 315 Å². The lowest BCUT2D eigenvalue weighted by atomic mass is 10.0. The number of benzene rings is 3. The van der Waals surface area contributed by atoms with Gasteiger partial charge in [0.25, 0.3) is 0 Å². The molecule has 4 heterocycles. The van der Waals surface area contributed by atoms with Crippen molar-refractivity contribution in [2.45, 2.75) is 64.2 Å². The van der Waals surface area contributed by atoms with E-state index < -0.39 is 12.1 Å². The minimum Gasteiger partial charge on any atom is -0.453 e. The van der Waals surface area contributed by atoms with Gasteiger partial charge in [-0.25, -0.2) is 14.8 Å². The number of hydrogen-bond donors (Lipinski definition) is 4. The lowest BCUT2D eigenvalue weighted by Crippen LogP contribution is -2.51. The maximum absolute atomic E-state index is 13.5. The summed E-state index contributed by atoms with van der Waals surface area (Å²) in [5.74, 6) is 1.43. The molecule has 2 aliphatic rings. The van der Waals surface area contributed by atoms with Crippen molar-refractivity contribution in [1.82, 2.24) is 40.4 Å². The van der Waals surface area contributed by atoms with Gasteiger partial charge in [-0.05, 0) is 59.4 Å². The molecule has 0 aliphatic carbocycles. The van der Waals surface area contributed by atoms with Gasteiger partial charge in [0.15, 0.2) is 0 Å². The Kier molecular flexibility index (Phi) is 11.2. The van der Waals surface area contributed by atoms with Crippen LogP contribution in [0.3, 0.4) is 0 Å². The molecule has 0 spiro atoms. The van der Waals surface area contributed by atoms with Crippen molar-refractivity contribution in [1.29, 1.82) is 0 Å². The molecule has 12 heteroatoms. The van der Waals surface area contributed by atoms with Crippen molar-refractivity contribution >= 4 is 17.9 Å². The van der Waals surface area contributed by atoms with E-state index in [1.807, 2.05) is 54.2 Å². The molecule has 2 aromatic heterocycles. The lowest BCUT2D eigenvalue weighted by molar-refractivity contribution is -0.135. The first kappa shape index (κ1) is 36.6. The number of likely N-dealkylation sites (tertiary alicyclic amines) is 2. The summed E-state index contributed by atoms with van der Waals surface area (Å²) in [7, 11) is 1.30. The number of rotatable bonds is 12. The fraction of sp³-hybridized carbons (Fsp3) is 0.357. The Hall–Kier alpha value is -5.75. The van der Waals surface area contributed by atoms with E-state index in [0.29, 0.717) is 19.6 Å². The van der Waals surface area contributed by atoms with Crippen LogP contribution in [0.25, 0.3) is 33.6 Å². The number of methoxy groups -OCH3 is 1. The van der Waals surface area contributed by atoms with Gasteiger partial charge in [-0.2, -0.15) is 0 Å². The van der Waals surface area contributed by atoms with Gasteiger partial charge in [0.1, 0.15) is 17.7 Å². The topological polar surface area (TPSA) is 148 Å². The Morgan fingerprint density at radius 3 is 1.81 bits per heavy atom. The van der Waals surface area contributed by atoms with Gasteiger partial charge >= 0.3 is 6.09 Å². The number of hydrogen-bond acceptors (Lipinski definition) is 7. The van der Waals surface area contributed by atoms with E-state index in [9.17, 15) is 14.4 Å². The Morgan fingerprint density at radius 1 is 0.759 bits per heavy atom. The van der Waals surface area contributed by atoms with Crippen molar-refractivity contribution in [3.8, 4) is 33.6 Å². The predicted molar refractivity (Wildman–Crippen MR) is 207 cm³/mol. The summed E-state index contributed by atoms with van der Waals surface area (Å²) >= 11 is 0. The molecule has 1 unspecified atom stereocenters. The molecule has 0 bridgehead atoms. The molecule has 280 valence electrons. The number of alkyl carbamates (subject to hydrolysis) is 1. The highest BCUT2D eigenvalue weighted by atomic mass is 16.5. The number of imidazole rings is 2. The Balaban J connectivity index is 0.967. The molecule has 0 radical (unpaired) electrons. The monoisotopic (exact) mass is 728 g/mol. The SMILES string of the molecule is COC(=O)NC(C(=O)N1CCC[C@H]1c1ncc(-c2ccc(-c3ccc(-c4cnc([C@@H]5CCCN5C(=O)CNCc5ccccc5)[nH]4)cc3)cc2)[nH]1)C(C)C. The highest BCUT2D eigenvalue weighted by Gasteiger charge is 2.37. The largest absolute Gasteiger partial charge is 0.453 e. The summed E-state index contributed by atoms with van der Waals surface area (Å²) < 4.78 is 4.76. The molecule has 2 saturated heterocycles. The Morgan fingerprint density at radius 2 is 1.28 bits per heavy atom. The van der Waals surface area contributed by atoms with Crippen molar-refractivity contribution < 1.29 is 19.1 Å². The van der Waals surface area contributed by atoms with E-state index in [-0.39, 0.29) is 29.8 Å². The second-order valence-electron chi connectivity index (χ2n) is 14.4. The van der Waals surface area contributed by atoms with Crippen LogP contribution in [0.2, 0.25) is 0 Å². The molecule has 5 aromatic rings. The number of carbonyl (C=O) groups is 3. The molecule has 7 rings (SSSR count). The fourth-order valence-electron chi connectivity index (χ4n) is 7.54. The third-order valence-electron chi connectivity index (χ3n) is 10.5. The smallest absolute Gasteiger partial charge is 0.407 e. The van der Waals surface area contributed by atoms with E-state index in [0.717, 1.165) is 83.1 Å². The van der Waals surface area contributed by atoms with E-state index >= 15 is 0 Å². The summed E-state index contributed by atoms with van der Waals surface area (Å²) in [6.45, 7) is 6.11. The summed E-state index contributed by atoms with van der Waals surface area (Å²) in [5, 5.41) is 5.99. The minimum atomic E-state index is -0.676. The highest BCUT2D eigenvalue weighted by molar-refractivity contribution is 5.86. The summed E-state index contributed by atoms with van der Waals surface area (Å²) in [6.07, 6.45) is 6.55. The van der Waals surface area contributed by atoms with Crippen LogP contribution in [-0.4, -0.2) is 80.4 Å². The number of H-pyrrole nitrogens is 2. The molecular weight excluding hydrogens is 681 g/mol. The number of aromatic amines is 2. The van der Waals surface area contributed by atoms with E-state index in [2.05, 4.69) is 86.2 Å². The maximum atomic E-state index is 13.5. The molecule has 4 N–H and O–H groups in total. The standard InChI is InChI=1S/C42H48N8O4/c1-27(2)38(48-42(53)54-3)41(52)50-22-8-12-36(50)40-45-25-34(47-40)32-19-15-30(16-20-32)29-13-17-31(18-14-29)33-24-44-39(46-33)35-11-7-21-49(35)37(51)26-43-23-28-9-5-4-6-10-28/h4-6,9-10,13-20,24-25,27,35-36,38,43H,7-8,11-12,21-23,26H2,1-3H3,(H,44,46)(H,45,47)(H,48,53)/t35-,36-,38?/m0/s1. The third kappa shape index (κ3) is 8.08. The van der Waals surface area contributed by atoms with Gasteiger partial charge in [0.05, 0.1) is 49.5 Å². The Bertz CT molecular complexity index is 2040. The molecule has 12 nitrogen and oxygen atoms in total. The van der Waals surface area contributed by atoms with Crippen molar-refractivity contribution in [2.24, 2.45) is 5.92 Å². The van der Waals surface area contributed by atoms with Crippen molar-refractivity contribution in [3.63, 3.8) is 0 Å². The minimum absolute atomic E-state index is 0.0549. The zero-order valence-electron chi connectivity index (χ0n) is 31.0. The zero-order valence-corrected chi connectivity index (χ0v) is 31.0. The van der Waals surface area contributed by atoms with Gasteiger partial charge in [-0.3, -0.25) is 9.59 Å². The second-order valence-corrected chi connectivity index (χ2v) is 14.4. The summed E-state index contributed by atoms with van der Waals surface area (Å²) in [6, 6.07) is 25.9. The first-order valence-corrected chi connectivity index (χ1v) is 18.8. The van der Waals surface area contributed by atoms with Crippen LogP contribution < -0.4 is 10.6 Å². The van der Waals surface area contributed by atoms with Crippen LogP contribution >= 0.6 is 0 Å². The van der Waals surface area contributed by atoms with Gasteiger partial charge in [-0.15, -0.1) is 0 Å². The van der Waals surface area contributed by atoms with Gasteiger partial charge < -0.3 is 35.1 Å². The number of nitrogens with one attached hydrogen (secondary N) is 4. The van der Waals surface area contributed by atoms with Crippen LogP contribution in [0.1, 0.15) is 68.8 Å². The second kappa shape index (κ2) is 16.5. The lowest BCUT2D eigenvalue weighted by Gasteiger charge is -2.30. The summed E-state index contributed by atoms with van der Waals surface area (Å²) in [5.41, 5.74) is 7.15. The van der Waals surface area contributed by atoms with Crippen LogP contribution in [0.4, 0.5) is 4.79 Å². The zero-order chi connectivity index (χ0) is 37.6. The van der Waals surface area contributed by atoms with Gasteiger partial charge in [-0.1, -0.05) is 92.7 Å². The molecule has 2 aliphatic heterocycles. The van der Waals surface area contributed by atoms with E-state index in [1.165, 1.54) is 7.11 Å². The van der Waals surface area contributed by atoms with Crippen LogP contribution in [0, 0.1) is 5.92 Å². The molecule has 3 atom stereocenters. The van der Waals surface area contributed by atoms with Crippen LogP contribution in [0.15, 0.2) is 91.3 Å². The maximum Gasteiger partial charge on any atom is 0.407 e. The fourth-order valence-corrected chi connectivity index (χ4v) is 7.54. The van der Waals surface area contributed by atoms with Crippen LogP contribution in [0.5, 0.6) is 0 Å². The molecule has 54 heavy (non-hydrogen) atoms. The molecule has 3 amide bonds. The number of aromatic nitrogens is 4. The van der Waals surface area contributed by atoms with Gasteiger partial charge in [0, 0.05) is 19.6 Å². The quantitative estimate of drug-likeness (QED) is 0.113. The van der Waals surface area contributed by atoms with Gasteiger partial charge in [0.2, 0.25) is 11.8 Å². The predicted octanol–water partition coefficient (Wildman–Crippen LogP) is 6.63. The first-order valence-electron chi connectivity index (χ1n) is 18.8. The molecule has 0 saturated carbocycles. The number of carbonyl (C=O) groups excluding carboxylic acids is 3. The van der Waals surface area contributed by atoms with E-state index in [1.54, 1.807) is 0 Å². The van der Waals surface area contributed by atoms with Crippen molar-refractivity contribution in [3.05, 3.63) is 108 Å². The average molecular weight is 729 g/mol. The number of nitrogens with zero attached hydrogens (tertiary/aromatic N) is 4. The molecular formula is C42H48N8O4.